The van der Waals surface area contributed by atoms with Crippen molar-refractivity contribution in [2.75, 3.05) is 13.6 Å². The van der Waals surface area contributed by atoms with Gasteiger partial charge in [-0.2, -0.15) is 0 Å². The lowest BCUT2D eigenvalue weighted by Gasteiger charge is -2.21. The number of nitrogens with one attached hydrogen (secondary N) is 1. The lowest BCUT2D eigenvalue weighted by molar-refractivity contribution is -0.129. The van der Waals surface area contributed by atoms with E-state index in [-0.39, 0.29) is 28.5 Å². The molecule has 0 spiro atoms. The van der Waals surface area contributed by atoms with Crippen molar-refractivity contribution in [2.24, 2.45) is 0 Å². The number of halogens is 2. The van der Waals surface area contributed by atoms with Crippen LogP contribution in [0, 0.1) is 0 Å². The second-order valence-corrected chi connectivity index (χ2v) is 8.35. The quantitative estimate of drug-likeness (QED) is 0.783. The van der Waals surface area contributed by atoms with Crippen molar-refractivity contribution in [1.82, 2.24) is 10.2 Å². The first-order valence-corrected chi connectivity index (χ1v) is 9.40. The van der Waals surface area contributed by atoms with E-state index in [1.165, 1.54) is 17.7 Å². The minimum Gasteiger partial charge on any atom is -0.343 e. The monoisotopic (exact) mass is 406 g/mol. The molecule has 0 saturated heterocycles. The normalized spacial score (nSPS) is 11.2. The van der Waals surface area contributed by atoms with Crippen LogP contribution in [0.15, 0.2) is 42.5 Å². The highest BCUT2D eigenvalue weighted by molar-refractivity contribution is 6.36. The third-order valence-electron chi connectivity index (χ3n) is 4.24. The molecule has 0 atom stereocenters. The van der Waals surface area contributed by atoms with Crippen molar-refractivity contribution < 1.29 is 9.59 Å². The average Bonchev–Trinajstić information content (AvgIpc) is 2.59. The summed E-state index contributed by atoms with van der Waals surface area (Å²) in [4.78, 5) is 26.1. The first-order valence-electron chi connectivity index (χ1n) is 8.64. The minimum absolute atomic E-state index is 0.0907. The van der Waals surface area contributed by atoms with Crippen LogP contribution in [0.25, 0.3) is 0 Å². The Labute approximate surface area is 170 Å². The Kier molecular flexibility index (Phi) is 6.90. The Morgan fingerprint density at radius 3 is 2.22 bits per heavy atom. The third kappa shape index (κ3) is 5.98. The molecule has 6 heteroatoms. The Morgan fingerprint density at radius 1 is 1.04 bits per heavy atom. The number of likely N-dealkylation sites (N-methyl/N-ethyl adjacent to an activating group) is 1. The number of benzene rings is 2. The standard InChI is InChI=1S/C21H24Cl2N2O2/c1-21(2,3)15-7-5-14(6-8-15)13-25(4)19(26)12-24-20(27)17-10-9-16(22)11-18(17)23/h5-11H,12-13H2,1-4H3,(H,24,27). The molecule has 144 valence electrons. The molecule has 0 aliphatic heterocycles. The van der Waals surface area contributed by atoms with E-state index in [0.717, 1.165) is 5.56 Å². The fourth-order valence-electron chi connectivity index (χ4n) is 2.53. The predicted molar refractivity (Wildman–Crippen MR) is 110 cm³/mol. The number of hydrogen-bond acceptors (Lipinski definition) is 2. The van der Waals surface area contributed by atoms with Crippen LogP contribution in [0.1, 0.15) is 42.3 Å². The molecule has 0 unspecified atom stereocenters. The summed E-state index contributed by atoms with van der Waals surface area (Å²) in [5.74, 6) is -0.596. The zero-order valence-electron chi connectivity index (χ0n) is 16.0. The van der Waals surface area contributed by atoms with Crippen LogP contribution in [0.5, 0.6) is 0 Å². The van der Waals surface area contributed by atoms with E-state index in [2.05, 4.69) is 38.2 Å². The van der Waals surface area contributed by atoms with Gasteiger partial charge < -0.3 is 10.2 Å². The highest BCUT2D eigenvalue weighted by Crippen LogP contribution is 2.22. The van der Waals surface area contributed by atoms with E-state index >= 15 is 0 Å². The van der Waals surface area contributed by atoms with Gasteiger partial charge in [0.05, 0.1) is 17.1 Å². The van der Waals surface area contributed by atoms with Crippen molar-refractivity contribution in [3.8, 4) is 0 Å². The van der Waals surface area contributed by atoms with Gasteiger partial charge in [0, 0.05) is 18.6 Å². The van der Waals surface area contributed by atoms with Crippen LogP contribution in [-0.4, -0.2) is 30.3 Å². The molecule has 27 heavy (non-hydrogen) atoms. The number of amides is 2. The second-order valence-electron chi connectivity index (χ2n) is 7.50. The van der Waals surface area contributed by atoms with E-state index in [4.69, 9.17) is 23.2 Å². The second kappa shape index (κ2) is 8.77. The lowest BCUT2D eigenvalue weighted by Crippen LogP contribution is -2.37. The lowest BCUT2D eigenvalue weighted by atomic mass is 9.87. The summed E-state index contributed by atoms with van der Waals surface area (Å²) in [6.45, 7) is 6.85. The van der Waals surface area contributed by atoms with Gasteiger partial charge in [0.15, 0.2) is 0 Å². The van der Waals surface area contributed by atoms with Crippen molar-refractivity contribution in [3.63, 3.8) is 0 Å². The molecule has 2 aromatic carbocycles. The highest BCUT2D eigenvalue weighted by Gasteiger charge is 2.16. The van der Waals surface area contributed by atoms with Gasteiger partial charge in [-0.25, -0.2) is 0 Å². The van der Waals surface area contributed by atoms with E-state index < -0.39 is 5.91 Å². The number of rotatable bonds is 5. The van der Waals surface area contributed by atoms with Gasteiger partial charge in [-0.05, 0) is 34.7 Å². The Bertz CT molecular complexity index is 827. The van der Waals surface area contributed by atoms with Gasteiger partial charge in [0.1, 0.15) is 0 Å². The van der Waals surface area contributed by atoms with Crippen molar-refractivity contribution >= 4 is 35.0 Å². The van der Waals surface area contributed by atoms with E-state index in [0.29, 0.717) is 11.6 Å². The van der Waals surface area contributed by atoms with Crippen LogP contribution in [0.3, 0.4) is 0 Å². The minimum atomic E-state index is -0.409. The fraction of sp³-hybridized carbons (Fsp3) is 0.333. The molecule has 0 heterocycles. The summed E-state index contributed by atoms with van der Waals surface area (Å²) in [5.41, 5.74) is 2.65. The molecule has 2 rings (SSSR count). The summed E-state index contributed by atoms with van der Waals surface area (Å²) in [7, 11) is 1.71. The molecule has 2 amide bonds. The maximum atomic E-state index is 12.3. The first kappa shape index (κ1) is 21.3. The predicted octanol–water partition coefficient (Wildman–Crippen LogP) is 4.68. The molecule has 0 saturated carbocycles. The molecule has 0 aliphatic rings. The molecule has 0 radical (unpaired) electrons. The fourth-order valence-corrected chi connectivity index (χ4v) is 3.03. The number of hydrogen-bond donors (Lipinski definition) is 1. The molecule has 0 aliphatic carbocycles. The molecule has 0 bridgehead atoms. The highest BCUT2D eigenvalue weighted by atomic mass is 35.5. The van der Waals surface area contributed by atoms with Crippen LogP contribution in [-0.2, 0) is 16.8 Å². The molecule has 2 aromatic rings. The van der Waals surface area contributed by atoms with Crippen molar-refractivity contribution in [1.29, 1.82) is 0 Å². The molecule has 0 aromatic heterocycles. The Hall–Kier alpha value is -2.04. The van der Waals surface area contributed by atoms with Gasteiger partial charge in [-0.15, -0.1) is 0 Å². The number of carbonyl (C=O) groups excluding carboxylic acids is 2. The van der Waals surface area contributed by atoms with Crippen LogP contribution >= 0.6 is 23.2 Å². The summed E-state index contributed by atoms with van der Waals surface area (Å²) >= 11 is 11.8. The number of nitrogens with zero attached hydrogens (tertiary/aromatic N) is 1. The maximum absolute atomic E-state index is 12.3. The average molecular weight is 407 g/mol. The SMILES string of the molecule is CN(Cc1ccc(C(C)(C)C)cc1)C(=O)CNC(=O)c1ccc(Cl)cc1Cl. The molecular weight excluding hydrogens is 383 g/mol. The van der Waals surface area contributed by atoms with Gasteiger partial charge >= 0.3 is 0 Å². The number of carbonyl (C=O) groups is 2. The molecular formula is C21H24Cl2N2O2. The molecule has 4 nitrogen and oxygen atoms in total. The maximum Gasteiger partial charge on any atom is 0.253 e. The van der Waals surface area contributed by atoms with Crippen molar-refractivity contribution in [2.45, 2.75) is 32.7 Å². The summed E-state index contributed by atoms with van der Waals surface area (Å²) in [5, 5.41) is 3.30. The van der Waals surface area contributed by atoms with Gasteiger partial charge in [0.2, 0.25) is 5.91 Å². The van der Waals surface area contributed by atoms with Gasteiger partial charge in [-0.3, -0.25) is 9.59 Å². The summed E-state index contributed by atoms with van der Waals surface area (Å²) < 4.78 is 0. The van der Waals surface area contributed by atoms with E-state index in [1.807, 2.05) is 12.1 Å². The zero-order chi connectivity index (χ0) is 20.2. The van der Waals surface area contributed by atoms with Crippen molar-refractivity contribution in [3.05, 3.63) is 69.2 Å². The van der Waals surface area contributed by atoms with Crippen LogP contribution in [0.2, 0.25) is 10.0 Å². The molecule has 1 N–H and O–H groups in total. The first-order chi connectivity index (χ1) is 12.6. The summed E-state index contributed by atoms with van der Waals surface area (Å²) in [6, 6.07) is 12.8. The molecule has 0 fully saturated rings. The zero-order valence-corrected chi connectivity index (χ0v) is 17.5. The van der Waals surface area contributed by atoms with E-state index in [9.17, 15) is 9.59 Å². The summed E-state index contributed by atoms with van der Waals surface area (Å²) in [6.07, 6.45) is 0. The van der Waals surface area contributed by atoms with Crippen LogP contribution in [0.4, 0.5) is 0 Å². The topological polar surface area (TPSA) is 49.4 Å². The third-order valence-corrected chi connectivity index (χ3v) is 4.79. The van der Waals surface area contributed by atoms with Gasteiger partial charge in [-0.1, -0.05) is 68.2 Å². The van der Waals surface area contributed by atoms with E-state index in [1.54, 1.807) is 18.0 Å². The van der Waals surface area contributed by atoms with Gasteiger partial charge in [0.25, 0.3) is 5.91 Å². The Morgan fingerprint density at radius 2 is 1.67 bits per heavy atom. The Balaban J connectivity index is 1.91. The van der Waals surface area contributed by atoms with Crippen LogP contribution < -0.4 is 5.32 Å². The largest absolute Gasteiger partial charge is 0.343 e. The smallest absolute Gasteiger partial charge is 0.253 e.